The number of carbonyl (C=O) groups is 1. The monoisotopic (exact) mass is 371 g/mol. The first kappa shape index (κ1) is 16.4. The molecule has 0 unspecified atom stereocenters. The third kappa shape index (κ3) is 2.98. The molecule has 1 amide bonds. The van der Waals surface area contributed by atoms with Crippen LogP contribution in [0.4, 0.5) is 5.69 Å². The Bertz CT molecular complexity index is 829. The number of nitrogens with zero attached hydrogens (tertiary/aromatic N) is 1. The molecular weight excluding hydrogens is 354 g/mol. The molecule has 0 bridgehead atoms. The molecule has 0 atom stereocenters. The summed E-state index contributed by atoms with van der Waals surface area (Å²) in [5.74, 6) is 0.0333. The van der Waals surface area contributed by atoms with Gasteiger partial charge in [0.2, 0.25) is 0 Å². The van der Waals surface area contributed by atoms with Crippen molar-refractivity contribution in [3.63, 3.8) is 0 Å². The van der Waals surface area contributed by atoms with Crippen LogP contribution in [-0.2, 0) is 5.54 Å². The quantitative estimate of drug-likeness (QED) is 0.749. The van der Waals surface area contributed by atoms with E-state index < -0.39 is 0 Å². The van der Waals surface area contributed by atoms with Crippen LogP contribution in [0, 0.1) is 0 Å². The molecule has 2 aliphatic heterocycles. The second-order valence-corrected chi connectivity index (χ2v) is 7.33. The van der Waals surface area contributed by atoms with Crippen LogP contribution in [0.3, 0.4) is 0 Å². The molecule has 6 heteroatoms. The predicted molar refractivity (Wildman–Crippen MR) is 104 cm³/mol. The van der Waals surface area contributed by atoms with Crippen LogP contribution >= 0.6 is 23.8 Å². The maximum Gasteiger partial charge on any atom is 0.252 e. The maximum absolute atomic E-state index is 12.2. The average molecular weight is 372 g/mol. The summed E-state index contributed by atoms with van der Waals surface area (Å²) in [6.07, 6.45) is 1.69. The van der Waals surface area contributed by atoms with Gasteiger partial charge in [-0.25, -0.2) is 0 Å². The number of fused-ring (bicyclic) bond motifs is 2. The van der Waals surface area contributed by atoms with Crippen molar-refractivity contribution in [2.45, 2.75) is 18.4 Å². The summed E-state index contributed by atoms with van der Waals surface area (Å²) >= 11 is 11.5. The van der Waals surface area contributed by atoms with Crippen LogP contribution in [0.25, 0.3) is 0 Å². The zero-order valence-electron chi connectivity index (χ0n) is 13.6. The number of amides is 1. The smallest absolute Gasteiger partial charge is 0.252 e. The summed E-state index contributed by atoms with van der Waals surface area (Å²) in [5.41, 5.74) is 2.60. The normalized spacial score (nSPS) is 18.0. The van der Waals surface area contributed by atoms with Crippen LogP contribution in [0.1, 0.15) is 28.8 Å². The summed E-state index contributed by atoms with van der Waals surface area (Å²) in [5, 5.41) is 7.87. The van der Waals surface area contributed by atoms with Crippen LogP contribution in [0.5, 0.6) is 0 Å². The first-order valence-corrected chi connectivity index (χ1v) is 9.10. The van der Waals surface area contributed by atoms with Crippen molar-refractivity contribution in [1.82, 2.24) is 10.2 Å². The lowest BCUT2D eigenvalue weighted by molar-refractivity contribution is 0.0896. The Kier molecular flexibility index (Phi) is 4.13. The van der Waals surface area contributed by atoms with Gasteiger partial charge in [-0.1, -0.05) is 29.8 Å². The molecule has 25 heavy (non-hydrogen) atoms. The molecule has 0 radical (unpaired) electrons. The van der Waals surface area contributed by atoms with Gasteiger partial charge in [0.1, 0.15) is 0 Å². The molecule has 1 fully saturated rings. The molecule has 128 valence electrons. The summed E-state index contributed by atoms with van der Waals surface area (Å²) in [4.78, 5) is 14.4. The van der Waals surface area contributed by atoms with Crippen molar-refractivity contribution in [1.29, 1.82) is 0 Å². The number of nitrogens with one attached hydrogen (secondary N) is 2. The highest BCUT2D eigenvalue weighted by atomic mass is 35.5. The molecular formula is C19H18ClN3OS. The van der Waals surface area contributed by atoms with Crippen LogP contribution in [-0.4, -0.2) is 29.0 Å². The molecule has 1 saturated heterocycles. The molecule has 2 aromatic rings. The Hall–Kier alpha value is -2.11. The SMILES string of the molecule is O=C1NC2(CCN(C(=S)Nc3ccc(Cl)cc3)CC2)c2ccccc21. The van der Waals surface area contributed by atoms with Crippen molar-refractivity contribution >= 4 is 40.5 Å². The minimum atomic E-state index is -0.250. The summed E-state index contributed by atoms with van der Waals surface area (Å²) in [7, 11) is 0. The number of halogens is 1. The number of likely N-dealkylation sites (tertiary alicyclic amines) is 1. The number of rotatable bonds is 1. The van der Waals surface area contributed by atoms with Gasteiger partial charge in [0.25, 0.3) is 5.91 Å². The lowest BCUT2D eigenvalue weighted by Gasteiger charge is -2.40. The Morgan fingerprint density at radius 1 is 1.12 bits per heavy atom. The average Bonchev–Trinajstić information content (AvgIpc) is 2.90. The van der Waals surface area contributed by atoms with Gasteiger partial charge in [-0.05, 0) is 61.0 Å². The van der Waals surface area contributed by atoms with E-state index in [0.717, 1.165) is 42.7 Å². The van der Waals surface area contributed by atoms with Gasteiger partial charge < -0.3 is 15.5 Å². The molecule has 2 aliphatic rings. The Labute approximate surface area is 157 Å². The van der Waals surface area contributed by atoms with Crippen molar-refractivity contribution in [3.05, 3.63) is 64.7 Å². The van der Waals surface area contributed by atoms with Crippen LogP contribution in [0.2, 0.25) is 5.02 Å². The number of benzene rings is 2. The van der Waals surface area contributed by atoms with Gasteiger partial charge in [-0.2, -0.15) is 0 Å². The first-order chi connectivity index (χ1) is 12.1. The standard InChI is InChI=1S/C19H18ClN3OS/c20-13-5-7-14(8-6-13)21-18(25)23-11-9-19(10-12-23)16-4-2-1-3-15(16)17(24)22-19/h1-8H,9-12H2,(H,21,25)(H,22,24). The lowest BCUT2D eigenvalue weighted by Crippen LogP contribution is -2.51. The summed E-state index contributed by atoms with van der Waals surface area (Å²) < 4.78 is 0. The Balaban J connectivity index is 1.44. The fourth-order valence-corrected chi connectivity index (χ4v) is 4.10. The van der Waals surface area contributed by atoms with Crippen LogP contribution in [0.15, 0.2) is 48.5 Å². The topological polar surface area (TPSA) is 44.4 Å². The van der Waals surface area contributed by atoms with Gasteiger partial charge >= 0.3 is 0 Å². The van der Waals surface area contributed by atoms with Gasteiger partial charge in [0, 0.05) is 29.4 Å². The van der Waals surface area contributed by atoms with E-state index in [9.17, 15) is 4.79 Å². The fraction of sp³-hybridized carbons (Fsp3) is 0.263. The van der Waals surface area contributed by atoms with E-state index >= 15 is 0 Å². The highest BCUT2D eigenvalue weighted by Crippen LogP contribution is 2.39. The highest BCUT2D eigenvalue weighted by Gasteiger charge is 2.44. The number of hydrogen-bond donors (Lipinski definition) is 2. The molecule has 0 aromatic heterocycles. The van der Waals surface area contributed by atoms with E-state index in [1.165, 1.54) is 0 Å². The van der Waals surface area contributed by atoms with E-state index in [2.05, 4.69) is 21.6 Å². The van der Waals surface area contributed by atoms with Gasteiger partial charge in [0.15, 0.2) is 5.11 Å². The van der Waals surface area contributed by atoms with E-state index in [1.807, 2.05) is 42.5 Å². The predicted octanol–water partition coefficient (Wildman–Crippen LogP) is 3.77. The molecule has 2 aromatic carbocycles. The second kappa shape index (κ2) is 6.32. The largest absolute Gasteiger partial charge is 0.349 e. The second-order valence-electron chi connectivity index (χ2n) is 6.51. The molecule has 2 N–H and O–H groups in total. The number of anilines is 1. The Morgan fingerprint density at radius 2 is 1.80 bits per heavy atom. The van der Waals surface area contributed by atoms with Crippen molar-refractivity contribution < 1.29 is 4.79 Å². The van der Waals surface area contributed by atoms with Gasteiger partial charge in [-0.3, -0.25) is 4.79 Å². The van der Waals surface area contributed by atoms with E-state index in [-0.39, 0.29) is 11.4 Å². The number of carbonyl (C=O) groups excluding carboxylic acids is 1. The first-order valence-electron chi connectivity index (χ1n) is 8.31. The fourth-order valence-electron chi connectivity index (χ4n) is 3.67. The number of piperidine rings is 1. The zero-order chi connectivity index (χ0) is 17.4. The highest BCUT2D eigenvalue weighted by molar-refractivity contribution is 7.80. The molecule has 4 nitrogen and oxygen atoms in total. The van der Waals surface area contributed by atoms with Gasteiger partial charge in [0.05, 0.1) is 5.54 Å². The molecule has 0 saturated carbocycles. The van der Waals surface area contributed by atoms with E-state index in [4.69, 9.17) is 23.8 Å². The van der Waals surface area contributed by atoms with E-state index in [1.54, 1.807) is 0 Å². The Morgan fingerprint density at radius 3 is 2.52 bits per heavy atom. The lowest BCUT2D eigenvalue weighted by atomic mass is 9.82. The molecule has 1 spiro atoms. The molecule has 2 heterocycles. The van der Waals surface area contributed by atoms with Crippen molar-refractivity contribution in [3.8, 4) is 0 Å². The van der Waals surface area contributed by atoms with E-state index in [0.29, 0.717) is 10.1 Å². The number of thiocarbonyl (C=S) groups is 1. The molecule has 4 rings (SSSR count). The van der Waals surface area contributed by atoms with Crippen molar-refractivity contribution in [2.24, 2.45) is 0 Å². The third-order valence-corrected chi connectivity index (χ3v) is 5.65. The number of hydrogen-bond acceptors (Lipinski definition) is 2. The van der Waals surface area contributed by atoms with Crippen LogP contribution < -0.4 is 10.6 Å². The summed E-state index contributed by atoms with van der Waals surface area (Å²) in [6.45, 7) is 1.60. The minimum Gasteiger partial charge on any atom is -0.349 e. The van der Waals surface area contributed by atoms with Crippen molar-refractivity contribution in [2.75, 3.05) is 18.4 Å². The molecule has 0 aliphatic carbocycles. The third-order valence-electron chi connectivity index (χ3n) is 5.04. The summed E-state index contributed by atoms with van der Waals surface area (Å²) in [6, 6.07) is 15.4. The zero-order valence-corrected chi connectivity index (χ0v) is 15.2. The minimum absolute atomic E-state index is 0.0333. The maximum atomic E-state index is 12.2. The van der Waals surface area contributed by atoms with Gasteiger partial charge in [-0.15, -0.1) is 0 Å².